The molecule has 1 amide bonds. The maximum absolute atomic E-state index is 12.2. The molecule has 6 heteroatoms. The van der Waals surface area contributed by atoms with Gasteiger partial charge in [-0.05, 0) is 42.3 Å². The molecule has 3 rings (SSSR count). The highest BCUT2D eigenvalue weighted by atomic mass is 16.6. The molecule has 0 aliphatic heterocycles. The van der Waals surface area contributed by atoms with Gasteiger partial charge in [0.25, 0.3) is 5.91 Å². The molecule has 3 aromatic carbocycles. The van der Waals surface area contributed by atoms with E-state index in [0.29, 0.717) is 11.3 Å². The van der Waals surface area contributed by atoms with Crippen molar-refractivity contribution in [2.24, 2.45) is 0 Å². The number of carbonyl (C=O) groups excluding carboxylic acids is 3. The highest BCUT2D eigenvalue weighted by Crippen LogP contribution is 2.23. The van der Waals surface area contributed by atoms with Crippen molar-refractivity contribution in [3.8, 4) is 5.75 Å². The third-order valence-corrected chi connectivity index (χ3v) is 4.63. The number of rotatable bonds is 8. The first-order chi connectivity index (χ1) is 14.4. The monoisotopic (exact) mass is 405 g/mol. The molecule has 0 aliphatic carbocycles. The summed E-state index contributed by atoms with van der Waals surface area (Å²) in [6, 6.07) is 20.1. The van der Waals surface area contributed by atoms with Crippen molar-refractivity contribution in [2.45, 2.75) is 19.9 Å². The predicted octanol–water partition coefficient (Wildman–Crippen LogP) is 3.84. The SMILES string of the molecule is CC(=O)c1cccc(OCC(=O)OCC(=O)N[C@@H](C)c2cccc3ccccc23)c1. The number of hydrogen-bond donors (Lipinski definition) is 1. The molecule has 6 nitrogen and oxygen atoms in total. The molecule has 0 aliphatic rings. The minimum absolute atomic E-state index is 0.0972. The summed E-state index contributed by atoms with van der Waals surface area (Å²) in [5, 5.41) is 5.00. The average Bonchev–Trinajstić information content (AvgIpc) is 2.76. The Balaban J connectivity index is 1.48. The van der Waals surface area contributed by atoms with Crippen molar-refractivity contribution < 1.29 is 23.9 Å². The summed E-state index contributed by atoms with van der Waals surface area (Å²) in [6.45, 7) is 2.58. The second kappa shape index (κ2) is 9.69. The molecule has 0 fully saturated rings. The zero-order valence-corrected chi connectivity index (χ0v) is 16.9. The molecule has 154 valence electrons. The Morgan fingerprint density at radius 1 is 0.933 bits per heavy atom. The molecule has 30 heavy (non-hydrogen) atoms. The van der Waals surface area contributed by atoms with Crippen molar-refractivity contribution >= 4 is 28.4 Å². The maximum Gasteiger partial charge on any atom is 0.344 e. The van der Waals surface area contributed by atoms with E-state index in [4.69, 9.17) is 9.47 Å². The number of esters is 1. The van der Waals surface area contributed by atoms with Gasteiger partial charge in [0.15, 0.2) is 19.0 Å². The highest BCUT2D eigenvalue weighted by Gasteiger charge is 2.14. The van der Waals surface area contributed by atoms with E-state index in [9.17, 15) is 14.4 Å². The number of ether oxygens (including phenoxy) is 2. The zero-order valence-electron chi connectivity index (χ0n) is 16.9. The van der Waals surface area contributed by atoms with Gasteiger partial charge in [-0.3, -0.25) is 9.59 Å². The summed E-state index contributed by atoms with van der Waals surface area (Å²) in [5.41, 5.74) is 1.48. The molecular weight excluding hydrogens is 382 g/mol. The number of benzene rings is 3. The summed E-state index contributed by atoms with van der Waals surface area (Å²) >= 11 is 0. The normalized spacial score (nSPS) is 11.5. The number of amides is 1. The van der Waals surface area contributed by atoms with Gasteiger partial charge in [-0.25, -0.2) is 4.79 Å². The topological polar surface area (TPSA) is 81.7 Å². The number of fused-ring (bicyclic) bond motifs is 1. The fraction of sp³-hybridized carbons (Fsp3) is 0.208. The van der Waals surface area contributed by atoms with E-state index in [2.05, 4.69) is 5.32 Å². The Bertz CT molecular complexity index is 1070. The molecule has 0 unspecified atom stereocenters. The summed E-state index contributed by atoms with van der Waals surface area (Å²) in [4.78, 5) is 35.5. The van der Waals surface area contributed by atoms with Gasteiger partial charge >= 0.3 is 5.97 Å². The Kier molecular flexibility index (Phi) is 6.80. The van der Waals surface area contributed by atoms with Crippen LogP contribution < -0.4 is 10.1 Å². The number of ketones is 1. The molecule has 0 heterocycles. The minimum atomic E-state index is -0.670. The molecule has 1 atom stereocenters. The number of carbonyl (C=O) groups is 3. The van der Waals surface area contributed by atoms with Gasteiger partial charge in [0.1, 0.15) is 5.75 Å². The fourth-order valence-electron chi connectivity index (χ4n) is 3.12. The van der Waals surface area contributed by atoms with Gasteiger partial charge in [-0.15, -0.1) is 0 Å². The van der Waals surface area contributed by atoms with E-state index < -0.39 is 18.5 Å². The minimum Gasteiger partial charge on any atom is -0.482 e. The second-order valence-corrected chi connectivity index (χ2v) is 6.89. The van der Waals surface area contributed by atoms with E-state index >= 15 is 0 Å². The summed E-state index contributed by atoms with van der Waals surface area (Å²) < 4.78 is 10.3. The molecule has 0 aromatic heterocycles. The van der Waals surface area contributed by atoms with Crippen LogP contribution in [-0.4, -0.2) is 30.9 Å². The van der Waals surface area contributed by atoms with Gasteiger partial charge in [0.2, 0.25) is 0 Å². The molecule has 1 N–H and O–H groups in total. The predicted molar refractivity (Wildman–Crippen MR) is 113 cm³/mol. The van der Waals surface area contributed by atoms with Crippen LogP contribution in [0.5, 0.6) is 5.75 Å². The third-order valence-electron chi connectivity index (χ3n) is 4.63. The maximum atomic E-state index is 12.2. The smallest absolute Gasteiger partial charge is 0.344 e. The van der Waals surface area contributed by atoms with Gasteiger partial charge in [-0.2, -0.15) is 0 Å². The second-order valence-electron chi connectivity index (χ2n) is 6.89. The van der Waals surface area contributed by atoms with Gasteiger partial charge < -0.3 is 14.8 Å². The van der Waals surface area contributed by atoms with Crippen LogP contribution in [0.25, 0.3) is 10.8 Å². The summed E-state index contributed by atoms with van der Waals surface area (Å²) in [6.07, 6.45) is 0. The van der Waals surface area contributed by atoms with Crippen LogP contribution in [0.3, 0.4) is 0 Å². The van der Waals surface area contributed by atoms with E-state index in [0.717, 1.165) is 16.3 Å². The lowest BCUT2D eigenvalue weighted by Gasteiger charge is -2.16. The van der Waals surface area contributed by atoms with Crippen molar-refractivity contribution in [2.75, 3.05) is 13.2 Å². The van der Waals surface area contributed by atoms with Crippen LogP contribution in [0, 0.1) is 0 Å². The van der Waals surface area contributed by atoms with Crippen molar-refractivity contribution in [3.05, 3.63) is 77.9 Å². The van der Waals surface area contributed by atoms with Crippen molar-refractivity contribution in [1.29, 1.82) is 0 Å². The lowest BCUT2D eigenvalue weighted by atomic mass is 10.00. The molecule has 0 saturated carbocycles. The Morgan fingerprint density at radius 3 is 2.47 bits per heavy atom. The molecule has 0 spiro atoms. The van der Waals surface area contributed by atoms with Crippen molar-refractivity contribution in [1.82, 2.24) is 5.32 Å². The quantitative estimate of drug-likeness (QED) is 0.455. The van der Waals surface area contributed by atoms with Crippen LogP contribution >= 0.6 is 0 Å². The van der Waals surface area contributed by atoms with Gasteiger partial charge in [0, 0.05) is 5.56 Å². The third kappa shape index (κ3) is 5.44. The number of nitrogens with one attached hydrogen (secondary N) is 1. The first-order valence-corrected chi connectivity index (χ1v) is 9.60. The molecule has 0 radical (unpaired) electrons. The molecule has 0 bridgehead atoms. The average molecular weight is 405 g/mol. The lowest BCUT2D eigenvalue weighted by Crippen LogP contribution is -2.32. The van der Waals surface area contributed by atoms with E-state index in [1.165, 1.54) is 6.92 Å². The van der Waals surface area contributed by atoms with Crippen molar-refractivity contribution in [3.63, 3.8) is 0 Å². The summed E-state index contributed by atoms with van der Waals surface area (Å²) in [7, 11) is 0. The first kappa shape index (κ1) is 21.0. The number of Topliss-reactive ketones (excluding diaryl/α,β-unsaturated/α-hetero) is 1. The Hall–Kier alpha value is -3.67. The van der Waals surface area contributed by atoms with Crippen LogP contribution in [0.15, 0.2) is 66.7 Å². The fourth-order valence-corrected chi connectivity index (χ4v) is 3.12. The van der Waals surface area contributed by atoms with Gasteiger partial charge in [0.05, 0.1) is 6.04 Å². The van der Waals surface area contributed by atoms with E-state index in [1.807, 2.05) is 49.4 Å². The zero-order chi connectivity index (χ0) is 21.5. The van der Waals surface area contributed by atoms with Crippen LogP contribution in [0.1, 0.15) is 35.8 Å². The van der Waals surface area contributed by atoms with E-state index in [-0.39, 0.29) is 18.4 Å². The summed E-state index contributed by atoms with van der Waals surface area (Å²) in [5.74, 6) is -0.785. The largest absolute Gasteiger partial charge is 0.482 e. The Morgan fingerprint density at radius 2 is 1.67 bits per heavy atom. The first-order valence-electron chi connectivity index (χ1n) is 9.60. The van der Waals surface area contributed by atoms with Crippen LogP contribution in [0.4, 0.5) is 0 Å². The molecular formula is C24H23NO5. The van der Waals surface area contributed by atoms with E-state index in [1.54, 1.807) is 24.3 Å². The molecule has 3 aromatic rings. The van der Waals surface area contributed by atoms with Crippen LogP contribution in [0.2, 0.25) is 0 Å². The molecule has 0 saturated heterocycles. The standard InChI is InChI=1S/C24H23NO5/c1-16(21-12-6-8-18-7-3-4-11-22(18)21)25-23(27)14-30-24(28)15-29-20-10-5-9-19(13-20)17(2)26/h3-13,16H,14-15H2,1-2H3,(H,25,27)/t16-/m0/s1. The number of hydrogen-bond acceptors (Lipinski definition) is 5. The van der Waals surface area contributed by atoms with Gasteiger partial charge in [-0.1, -0.05) is 54.6 Å². The van der Waals surface area contributed by atoms with Crippen LogP contribution in [-0.2, 0) is 14.3 Å². The Labute approximate surface area is 174 Å². The highest BCUT2D eigenvalue weighted by molar-refractivity contribution is 5.94. The lowest BCUT2D eigenvalue weighted by molar-refractivity contribution is -0.150.